The highest BCUT2D eigenvalue weighted by Crippen LogP contribution is 2.45. The first kappa shape index (κ1) is 12.1. The zero-order valence-corrected chi connectivity index (χ0v) is 12.0. The SMILES string of the molecule is Nc1c(C(=O)NC(C2CC2)C2CC2)sc2cccnc12. The number of anilines is 1. The number of amides is 1. The zero-order valence-electron chi connectivity index (χ0n) is 11.1. The van der Waals surface area contributed by atoms with Crippen molar-refractivity contribution in [2.24, 2.45) is 11.8 Å². The number of rotatable bonds is 4. The van der Waals surface area contributed by atoms with Crippen LogP contribution in [0.15, 0.2) is 18.3 Å². The van der Waals surface area contributed by atoms with Gasteiger partial charge in [-0.1, -0.05) is 0 Å². The van der Waals surface area contributed by atoms with Crippen LogP contribution in [0.3, 0.4) is 0 Å². The van der Waals surface area contributed by atoms with Gasteiger partial charge in [0.15, 0.2) is 0 Å². The number of fused-ring (bicyclic) bond motifs is 1. The van der Waals surface area contributed by atoms with Gasteiger partial charge in [-0.2, -0.15) is 0 Å². The van der Waals surface area contributed by atoms with Gasteiger partial charge in [0.05, 0.1) is 10.4 Å². The molecule has 0 atom stereocenters. The Balaban J connectivity index is 1.61. The first-order chi connectivity index (χ1) is 9.74. The normalized spacial score (nSPS) is 18.6. The largest absolute Gasteiger partial charge is 0.396 e. The molecule has 1 amide bonds. The Hall–Kier alpha value is -1.62. The van der Waals surface area contributed by atoms with Crippen molar-refractivity contribution in [3.05, 3.63) is 23.2 Å². The second kappa shape index (κ2) is 4.45. The fourth-order valence-corrected chi connectivity index (χ4v) is 3.85. The standard InChI is InChI=1S/C15H17N3OS/c16-11-13-10(2-1-7-17-13)20-14(11)15(19)18-12(8-3-4-8)9-5-6-9/h1-2,7-9,12H,3-6,16H2,(H,18,19). The maximum atomic E-state index is 12.5. The van der Waals surface area contributed by atoms with Crippen LogP contribution in [0, 0.1) is 11.8 Å². The van der Waals surface area contributed by atoms with E-state index in [1.807, 2.05) is 12.1 Å². The van der Waals surface area contributed by atoms with Gasteiger partial charge in [-0.05, 0) is 49.7 Å². The van der Waals surface area contributed by atoms with Gasteiger partial charge in [-0.3, -0.25) is 9.78 Å². The molecule has 2 heterocycles. The van der Waals surface area contributed by atoms with Gasteiger partial charge in [-0.15, -0.1) is 11.3 Å². The highest BCUT2D eigenvalue weighted by molar-refractivity contribution is 7.21. The van der Waals surface area contributed by atoms with Crippen molar-refractivity contribution >= 4 is 33.1 Å². The van der Waals surface area contributed by atoms with Crippen molar-refractivity contribution in [2.45, 2.75) is 31.7 Å². The summed E-state index contributed by atoms with van der Waals surface area (Å²) in [4.78, 5) is 17.4. The fraction of sp³-hybridized carbons (Fsp3) is 0.467. The molecular formula is C15H17N3OS. The van der Waals surface area contributed by atoms with Crippen LogP contribution < -0.4 is 11.1 Å². The van der Waals surface area contributed by atoms with E-state index in [0.717, 1.165) is 10.2 Å². The van der Waals surface area contributed by atoms with Crippen LogP contribution in [-0.4, -0.2) is 16.9 Å². The predicted octanol–water partition coefficient (Wildman–Crippen LogP) is 2.80. The van der Waals surface area contributed by atoms with E-state index in [2.05, 4.69) is 10.3 Å². The predicted molar refractivity (Wildman–Crippen MR) is 80.7 cm³/mol. The summed E-state index contributed by atoms with van der Waals surface area (Å²) in [5.74, 6) is 1.37. The van der Waals surface area contributed by atoms with Crippen molar-refractivity contribution in [3.63, 3.8) is 0 Å². The molecule has 4 nitrogen and oxygen atoms in total. The van der Waals surface area contributed by atoms with Crippen molar-refractivity contribution in [3.8, 4) is 0 Å². The molecule has 2 aromatic heterocycles. The minimum Gasteiger partial charge on any atom is -0.396 e. The van der Waals surface area contributed by atoms with Crippen LogP contribution in [0.5, 0.6) is 0 Å². The summed E-state index contributed by atoms with van der Waals surface area (Å²) >= 11 is 1.44. The number of nitrogen functional groups attached to an aromatic ring is 1. The van der Waals surface area contributed by atoms with Crippen LogP contribution in [-0.2, 0) is 0 Å². The smallest absolute Gasteiger partial charge is 0.263 e. The molecular weight excluding hydrogens is 270 g/mol. The van der Waals surface area contributed by atoms with Gasteiger partial charge < -0.3 is 11.1 Å². The molecule has 2 aromatic rings. The molecule has 20 heavy (non-hydrogen) atoms. The van der Waals surface area contributed by atoms with E-state index < -0.39 is 0 Å². The van der Waals surface area contributed by atoms with Gasteiger partial charge in [-0.25, -0.2) is 0 Å². The number of hydrogen-bond acceptors (Lipinski definition) is 4. The fourth-order valence-electron chi connectivity index (χ4n) is 2.86. The Morgan fingerprint density at radius 2 is 2.05 bits per heavy atom. The van der Waals surface area contributed by atoms with Gasteiger partial charge in [0.2, 0.25) is 0 Å². The summed E-state index contributed by atoms with van der Waals surface area (Å²) in [6, 6.07) is 4.19. The molecule has 0 radical (unpaired) electrons. The molecule has 4 rings (SSSR count). The molecule has 104 valence electrons. The van der Waals surface area contributed by atoms with Crippen molar-refractivity contribution in [2.75, 3.05) is 5.73 Å². The van der Waals surface area contributed by atoms with Crippen molar-refractivity contribution < 1.29 is 4.79 Å². The van der Waals surface area contributed by atoms with Gasteiger partial charge in [0, 0.05) is 12.2 Å². The first-order valence-corrected chi connectivity index (χ1v) is 7.99. The van der Waals surface area contributed by atoms with Gasteiger partial charge in [0.1, 0.15) is 10.4 Å². The number of pyridine rings is 1. The summed E-state index contributed by atoms with van der Waals surface area (Å²) in [6.45, 7) is 0. The molecule has 0 aliphatic heterocycles. The summed E-state index contributed by atoms with van der Waals surface area (Å²) in [5, 5.41) is 3.22. The second-order valence-corrected chi connectivity index (χ2v) is 6.92. The molecule has 0 spiro atoms. The molecule has 2 aliphatic carbocycles. The van der Waals surface area contributed by atoms with Crippen molar-refractivity contribution in [1.82, 2.24) is 10.3 Å². The molecule has 3 N–H and O–H groups in total. The lowest BCUT2D eigenvalue weighted by atomic mass is 10.1. The number of hydrogen-bond donors (Lipinski definition) is 2. The van der Waals surface area contributed by atoms with E-state index in [0.29, 0.717) is 28.4 Å². The monoisotopic (exact) mass is 287 g/mol. The minimum absolute atomic E-state index is 0.0192. The Morgan fingerprint density at radius 3 is 2.65 bits per heavy atom. The Bertz CT molecular complexity index is 661. The number of carbonyl (C=O) groups excluding carboxylic acids is 1. The second-order valence-electron chi connectivity index (χ2n) is 5.87. The van der Waals surface area contributed by atoms with E-state index in [4.69, 9.17) is 5.73 Å². The molecule has 5 heteroatoms. The van der Waals surface area contributed by atoms with Crippen molar-refractivity contribution in [1.29, 1.82) is 0 Å². The molecule has 2 fully saturated rings. The minimum atomic E-state index is -0.0192. The number of nitrogens with one attached hydrogen (secondary N) is 1. The Morgan fingerprint density at radius 1 is 1.35 bits per heavy atom. The topological polar surface area (TPSA) is 68.0 Å². The summed E-state index contributed by atoms with van der Waals surface area (Å²) in [5.41, 5.74) is 7.36. The maximum Gasteiger partial charge on any atom is 0.263 e. The number of thiophene rings is 1. The van der Waals surface area contributed by atoms with Crippen LogP contribution in [0.25, 0.3) is 10.2 Å². The third-order valence-electron chi connectivity index (χ3n) is 4.25. The summed E-state index contributed by atoms with van der Waals surface area (Å²) < 4.78 is 0.976. The van der Waals surface area contributed by atoms with E-state index in [1.165, 1.54) is 37.0 Å². The highest BCUT2D eigenvalue weighted by Gasteiger charge is 2.42. The Kier molecular flexibility index (Phi) is 2.70. The number of aromatic nitrogens is 1. The Labute approximate surface area is 121 Å². The van der Waals surface area contributed by atoms with Gasteiger partial charge >= 0.3 is 0 Å². The molecule has 0 bridgehead atoms. The lowest BCUT2D eigenvalue weighted by molar-refractivity contribution is 0.0931. The third kappa shape index (κ3) is 2.06. The molecule has 2 aliphatic rings. The molecule has 0 aromatic carbocycles. The van der Waals surface area contributed by atoms with E-state index >= 15 is 0 Å². The quantitative estimate of drug-likeness (QED) is 0.908. The van der Waals surface area contributed by atoms with Crippen LogP contribution in [0.2, 0.25) is 0 Å². The lowest BCUT2D eigenvalue weighted by Crippen LogP contribution is -2.37. The average Bonchev–Trinajstić information content (AvgIpc) is 3.35. The summed E-state index contributed by atoms with van der Waals surface area (Å²) in [6.07, 6.45) is 6.73. The maximum absolute atomic E-state index is 12.5. The molecule has 0 saturated heterocycles. The van der Waals surface area contributed by atoms with E-state index in [1.54, 1.807) is 6.20 Å². The summed E-state index contributed by atoms with van der Waals surface area (Å²) in [7, 11) is 0. The molecule has 2 saturated carbocycles. The molecule has 0 unspecified atom stereocenters. The number of carbonyl (C=O) groups is 1. The third-order valence-corrected chi connectivity index (χ3v) is 5.40. The van der Waals surface area contributed by atoms with E-state index in [9.17, 15) is 4.79 Å². The number of nitrogens with two attached hydrogens (primary N) is 1. The van der Waals surface area contributed by atoms with E-state index in [-0.39, 0.29) is 5.91 Å². The first-order valence-electron chi connectivity index (χ1n) is 7.18. The van der Waals surface area contributed by atoms with Gasteiger partial charge in [0.25, 0.3) is 5.91 Å². The average molecular weight is 287 g/mol. The van der Waals surface area contributed by atoms with Crippen LogP contribution in [0.4, 0.5) is 5.69 Å². The highest BCUT2D eigenvalue weighted by atomic mass is 32.1. The lowest BCUT2D eigenvalue weighted by Gasteiger charge is -2.17. The number of nitrogens with zero attached hydrogens (tertiary/aromatic N) is 1. The van der Waals surface area contributed by atoms with Crippen LogP contribution in [0.1, 0.15) is 35.4 Å². The zero-order chi connectivity index (χ0) is 13.7. The van der Waals surface area contributed by atoms with Crippen LogP contribution >= 0.6 is 11.3 Å².